The van der Waals surface area contributed by atoms with Crippen molar-refractivity contribution in [3.63, 3.8) is 0 Å². The molecule has 4 aromatic rings. The molecule has 4 rings (SSSR count). The molecule has 188 valence electrons. The van der Waals surface area contributed by atoms with Gasteiger partial charge < -0.3 is 15.4 Å². The first-order valence-electron chi connectivity index (χ1n) is 11.2. The fourth-order valence-corrected chi connectivity index (χ4v) is 4.02. The van der Waals surface area contributed by atoms with Crippen LogP contribution in [0.3, 0.4) is 0 Å². The SMILES string of the molecule is COc1ccc(NC(=O)CSc2nc(-c3ccncc3)nn2CC(=O)Nc2ccc(C(C)=O)cc2)cc1. The highest BCUT2D eigenvalue weighted by Crippen LogP contribution is 2.22. The summed E-state index contributed by atoms with van der Waals surface area (Å²) in [4.78, 5) is 45.3. The maximum absolute atomic E-state index is 12.8. The second-order valence-electron chi connectivity index (χ2n) is 7.86. The van der Waals surface area contributed by atoms with E-state index in [0.717, 1.165) is 5.56 Å². The average molecular weight is 517 g/mol. The topological polar surface area (TPSA) is 128 Å². The van der Waals surface area contributed by atoms with Crippen molar-refractivity contribution < 1.29 is 19.1 Å². The van der Waals surface area contributed by atoms with Crippen LogP contribution in [0, 0.1) is 0 Å². The molecule has 0 fully saturated rings. The van der Waals surface area contributed by atoms with Crippen LogP contribution in [0.25, 0.3) is 11.4 Å². The Morgan fingerprint density at radius 2 is 1.51 bits per heavy atom. The number of pyridine rings is 1. The average Bonchev–Trinajstić information content (AvgIpc) is 3.31. The number of amides is 2. The maximum atomic E-state index is 12.8. The van der Waals surface area contributed by atoms with Crippen LogP contribution in [0.1, 0.15) is 17.3 Å². The zero-order valence-electron chi connectivity index (χ0n) is 20.2. The first kappa shape index (κ1) is 25.6. The Labute approximate surface area is 217 Å². The molecule has 2 amide bonds. The van der Waals surface area contributed by atoms with E-state index in [9.17, 15) is 14.4 Å². The van der Waals surface area contributed by atoms with E-state index >= 15 is 0 Å². The van der Waals surface area contributed by atoms with Gasteiger partial charge in [-0.25, -0.2) is 9.67 Å². The minimum Gasteiger partial charge on any atom is -0.497 e. The molecule has 0 radical (unpaired) electrons. The number of aromatic nitrogens is 4. The first-order chi connectivity index (χ1) is 17.9. The minimum absolute atomic E-state index is 0.0539. The summed E-state index contributed by atoms with van der Waals surface area (Å²) >= 11 is 1.17. The number of ketones is 1. The summed E-state index contributed by atoms with van der Waals surface area (Å²) < 4.78 is 6.59. The number of carbonyl (C=O) groups excluding carboxylic acids is 3. The third kappa shape index (κ3) is 7.01. The third-order valence-electron chi connectivity index (χ3n) is 5.15. The summed E-state index contributed by atoms with van der Waals surface area (Å²) in [6.45, 7) is 1.37. The zero-order valence-corrected chi connectivity index (χ0v) is 21.0. The molecule has 2 aromatic carbocycles. The minimum atomic E-state index is -0.328. The number of carbonyl (C=O) groups is 3. The second-order valence-corrected chi connectivity index (χ2v) is 8.80. The molecular weight excluding hydrogens is 492 g/mol. The van der Waals surface area contributed by atoms with E-state index in [1.165, 1.54) is 23.4 Å². The lowest BCUT2D eigenvalue weighted by molar-refractivity contribution is -0.117. The Bertz CT molecular complexity index is 1390. The standard InChI is InChI=1S/C26H24N6O4S/c1-17(33)18-3-5-20(6-4-18)28-23(34)15-32-26(30-25(31-32)19-11-13-27-14-12-19)37-16-24(35)29-21-7-9-22(36-2)10-8-21/h3-14H,15-16H2,1-2H3,(H,28,34)(H,29,35). The highest BCUT2D eigenvalue weighted by atomic mass is 32.2. The molecule has 2 heterocycles. The van der Waals surface area contributed by atoms with Crippen molar-refractivity contribution in [3.8, 4) is 17.1 Å². The number of nitrogens with zero attached hydrogens (tertiary/aromatic N) is 4. The fraction of sp³-hybridized carbons (Fsp3) is 0.154. The van der Waals surface area contributed by atoms with Gasteiger partial charge in [0.05, 0.1) is 12.9 Å². The number of hydrogen-bond donors (Lipinski definition) is 2. The molecule has 2 aromatic heterocycles. The number of ether oxygens (including phenoxy) is 1. The fourth-order valence-electron chi connectivity index (χ4n) is 3.29. The Kier molecular flexibility index (Phi) is 8.26. The van der Waals surface area contributed by atoms with Gasteiger partial charge in [0.1, 0.15) is 12.3 Å². The molecular formula is C26H24N6O4S. The van der Waals surface area contributed by atoms with Gasteiger partial charge in [-0.2, -0.15) is 0 Å². The van der Waals surface area contributed by atoms with E-state index in [1.807, 2.05) is 0 Å². The van der Waals surface area contributed by atoms with Gasteiger partial charge in [-0.1, -0.05) is 11.8 Å². The summed E-state index contributed by atoms with van der Waals surface area (Å²) in [5.41, 5.74) is 2.49. The Hall–Kier alpha value is -4.51. The van der Waals surface area contributed by atoms with Crippen LogP contribution in [0.4, 0.5) is 11.4 Å². The van der Waals surface area contributed by atoms with E-state index in [4.69, 9.17) is 4.74 Å². The first-order valence-corrected chi connectivity index (χ1v) is 12.2. The van der Waals surface area contributed by atoms with Gasteiger partial charge in [-0.05, 0) is 67.6 Å². The molecule has 11 heteroatoms. The monoisotopic (exact) mass is 516 g/mol. The molecule has 10 nitrogen and oxygen atoms in total. The van der Waals surface area contributed by atoms with Gasteiger partial charge in [-0.3, -0.25) is 19.4 Å². The van der Waals surface area contributed by atoms with E-state index < -0.39 is 0 Å². The van der Waals surface area contributed by atoms with Gasteiger partial charge >= 0.3 is 0 Å². The molecule has 0 saturated heterocycles. The van der Waals surface area contributed by atoms with Crippen LogP contribution in [0.15, 0.2) is 78.2 Å². The lowest BCUT2D eigenvalue weighted by Crippen LogP contribution is -2.21. The summed E-state index contributed by atoms with van der Waals surface area (Å²) in [6, 6.07) is 17.2. The van der Waals surface area contributed by atoms with Crippen molar-refractivity contribution in [3.05, 3.63) is 78.6 Å². The highest BCUT2D eigenvalue weighted by molar-refractivity contribution is 7.99. The van der Waals surface area contributed by atoms with E-state index in [2.05, 4.69) is 25.7 Å². The van der Waals surface area contributed by atoms with Gasteiger partial charge in [-0.15, -0.1) is 5.10 Å². The summed E-state index contributed by atoms with van der Waals surface area (Å²) in [5, 5.41) is 10.5. The summed E-state index contributed by atoms with van der Waals surface area (Å²) in [7, 11) is 1.57. The normalized spacial score (nSPS) is 10.5. The summed E-state index contributed by atoms with van der Waals surface area (Å²) in [5.74, 6) is 0.559. The predicted molar refractivity (Wildman–Crippen MR) is 141 cm³/mol. The van der Waals surface area contributed by atoms with Crippen molar-refractivity contribution in [2.45, 2.75) is 18.6 Å². The lowest BCUT2D eigenvalue weighted by Gasteiger charge is -2.08. The molecule has 2 N–H and O–H groups in total. The smallest absolute Gasteiger partial charge is 0.246 e. The highest BCUT2D eigenvalue weighted by Gasteiger charge is 2.17. The second kappa shape index (κ2) is 12.0. The van der Waals surface area contributed by atoms with Crippen LogP contribution in [-0.2, 0) is 16.1 Å². The number of methoxy groups -OCH3 is 1. The quantitative estimate of drug-likeness (QED) is 0.240. The number of nitrogens with one attached hydrogen (secondary N) is 2. The molecule has 0 unspecified atom stereocenters. The Balaban J connectivity index is 1.45. The van der Waals surface area contributed by atoms with E-state index in [-0.39, 0.29) is 29.9 Å². The zero-order chi connectivity index (χ0) is 26.2. The predicted octanol–water partition coefficient (Wildman–Crippen LogP) is 3.92. The maximum Gasteiger partial charge on any atom is 0.246 e. The Morgan fingerprint density at radius 3 is 2.14 bits per heavy atom. The van der Waals surface area contributed by atoms with Crippen molar-refractivity contribution in [1.82, 2.24) is 19.7 Å². The third-order valence-corrected chi connectivity index (χ3v) is 6.12. The van der Waals surface area contributed by atoms with Crippen LogP contribution in [0.2, 0.25) is 0 Å². The van der Waals surface area contributed by atoms with Gasteiger partial charge in [0, 0.05) is 34.9 Å². The lowest BCUT2D eigenvalue weighted by atomic mass is 10.1. The number of rotatable bonds is 10. The molecule has 0 aliphatic heterocycles. The van der Waals surface area contributed by atoms with Crippen LogP contribution < -0.4 is 15.4 Å². The van der Waals surface area contributed by atoms with Crippen molar-refractivity contribution in [1.29, 1.82) is 0 Å². The van der Waals surface area contributed by atoms with Gasteiger partial charge in [0.2, 0.25) is 11.8 Å². The molecule has 0 saturated carbocycles. The number of benzene rings is 2. The van der Waals surface area contributed by atoms with Crippen LogP contribution in [-0.4, -0.2) is 50.2 Å². The number of hydrogen-bond acceptors (Lipinski definition) is 8. The summed E-state index contributed by atoms with van der Waals surface area (Å²) in [6.07, 6.45) is 3.26. The van der Waals surface area contributed by atoms with Crippen LogP contribution in [0.5, 0.6) is 5.75 Å². The molecule has 0 aliphatic carbocycles. The van der Waals surface area contributed by atoms with Gasteiger partial charge in [0.25, 0.3) is 0 Å². The van der Waals surface area contributed by atoms with Crippen molar-refractivity contribution >= 4 is 40.7 Å². The molecule has 0 atom stereocenters. The van der Waals surface area contributed by atoms with Crippen molar-refractivity contribution in [2.75, 3.05) is 23.5 Å². The molecule has 0 aliphatic rings. The molecule has 37 heavy (non-hydrogen) atoms. The van der Waals surface area contributed by atoms with E-state index in [1.54, 1.807) is 80.2 Å². The van der Waals surface area contributed by atoms with E-state index in [0.29, 0.717) is 33.7 Å². The molecule has 0 spiro atoms. The van der Waals surface area contributed by atoms with Gasteiger partial charge in [0.15, 0.2) is 16.8 Å². The number of Topliss-reactive ketones (excluding diaryl/α,β-unsaturated/α-hetero) is 1. The Morgan fingerprint density at radius 1 is 0.892 bits per heavy atom. The molecule has 0 bridgehead atoms. The number of thioether (sulfide) groups is 1. The number of anilines is 2. The van der Waals surface area contributed by atoms with Crippen molar-refractivity contribution in [2.24, 2.45) is 0 Å². The largest absolute Gasteiger partial charge is 0.497 e. The van der Waals surface area contributed by atoms with Crippen LogP contribution >= 0.6 is 11.8 Å².